The molecule has 4 rings (SSSR count). The van der Waals surface area contributed by atoms with Gasteiger partial charge in [-0.1, -0.05) is 23.9 Å². The van der Waals surface area contributed by atoms with Crippen molar-refractivity contribution in [2.24, 2.45) is 11.7 Å². The summed E-state index contributed by atoms with van der Waals surface area (Å²) in [6.45, 7) is 6.66. The number of carbonyl (C=O) groups is 2. The molecule has 2 aromatic heterocycles. The first-order chi connectivity index (χ1) is 15.4. The number of aromatic nitrogens is 2. The average molecular weight is 470 g/mol. The highest BCUT2D eigenvalue weighted by Crippen LogP contribution is 2.34. The summed E-state index contributed by atoms with van der Waals surface area (Å²) in [5, 5.41) is 4.90. The molecular weight excluding hydrogens is 442 g/mol. The average Bonchev–Trinajstić information content (AvgIpc) is 3.07. The monoisotopic (exact) mass is 469 g/mol. The number of carbonyl (C=O) groups excluding carboxylic acids is 2. The number of amides is 2. The highest BCUT2D eigenvalue weighted by Gasteiger charge is 2.23. The minimum atomic E-state index is -0.195. The number of benzene rings is 1. The largest absolute Gasteiger partial charge is 0.369 e. The van der Waals surface area contributed by atoms with E-state index in [1.165, 1.54) is 22.2 Å². The van der Waals surface area contributed by atoms with Crippen LogP contribution in [0, 0.1) is 19.8 Å². The molecule has 32 heavy (non-hydrogen) atoms. The number of nitrogens with two attached hydrogens (primary N) is 1. The number of thioether (sulfide) groups is 1. The van der Waals surface area contributed by atoms with Gasteiger partial charge in [0.25, 0.3) is 0 Å². The van der Waals surface area contributed by atoms with E-state index in [9.17, 15) is 9.59 Å². The second-order valence-electron chi connectivity index (χ2n) is 8.13. The number of nitrogens with one attached hydrogen (secondary N) is 1. The molecule has 168 valence electrons. The summed E-state index contributed by atoms with van der Waals surface area (Å²) in [6, 6.07) is 7.93. The molecule has 0 radical (unpaired) electrons. The highest BCUT2D eigenvalue weighted by atomic mass is 32.2. The van der Waals surface area contributed by atoms with Gasteiger partial charge >= 0.3 is 0 Å². The number of aryl methyl sites for hydroxylation is 2. The standard InChI is InChI=1S/C23H27N5O2S2/c1-14-15(2)32-23-20(14)22(25-13-26-23)31-12-19(29)27-18-5-3-4-16(10-18)11-28-8-6-17(7-9-28)21(24)30/h3-5,10,13,17H,6-9,11-12H2,1-2H3,(H2,24,30)(H,27,29). The van der Waals surface area contributed by atoms with Crippen molar-refractivity contribution in [1.29, 1.82) is 0 Å². The van der Waals surface area contributed by atoms with Crippen molar-refractivity contribution >= 4 is 50.8 Å². The molecule has 0 unspecified atom stereocenters. The van der Waals surface area contributed by atoms with Gasteiger partial charge < -0.3 is 11.1 Å². The normalized spacial score (nSPS) is 15.2. The summed E-state index contributed by atoms with van der Waals surface area (Å²) in [6.07, 6.45) is 3.18. The molecule has 0 bridgehead atoms. The Bertz CT molecular complexity index is 1140. The van der Waals surface area contributed by atoms with Gasteiger partial charge in [-0.25, -0.2) is 9.97 Å². The maximum Gasteiger partial charge on any atom is 0.234 e. The second kappa shape index (κ2) is 9.97. The Balaban J connectivity index is 1.33. The minimum absolute atomic E-state index is 0.00715. The Morgan fingerprint density at radius 1 is 1.25 bits per heavy atom. The molecule has 3 heterocycles. The molecule has 0 aliphatic carbocycles. The first-order valence-corrected chi connectivity index (χ1v) is 12.4. The Kier molecular flexibility index (Phi) is 7.07. The van der Waals surface area contributed by atoms with E-state index in [1.807, 2.05) is 18.2 Å². The molecular formula is C23H27N5O2S2. The van der Waals surface area contributed by atoms with Gasteiger partial charge in [0.2, 0.25) is 11.8 Å². The quantitative estimate of drug-likeness (QED) is 0.404. The summed E-state index contributed by atoms with van der Waals surface area (Å²) in [4.78, 5) is 37.2. The van der Waals surface area contributed by atoms with E-state index in [1.54, 1.807) is 17.7 Å². The van der Waals surface area contributed by atoms with Gasteiger partial charge in [-0.3, -0.25) is 14.5 Å². The summed E-state index contributed by atoms with van der Waals surface area (Å²) in [7, 11) is 0. The van der Waals surface area contributed by atoms with E-state index in [2.05, 4.69) is 40.1 Å². The van der Waals surface area contributed by atoms with Crippen LogP contribution in [0.3, 0.4) is 0 Å². The molecule has 3 aromatic rings. The maximum absolute atomic E-state index is 12.6. The third-order valence-electron chi connectivity index (χ3n) is 5.88. The lowest BCUT2D eigenvalue weighted by Gasteiger charge is -2.30. The van der Waals surface area contributed by atoms with Crippen molar-refractivity contribution in [3.8, 4) is 0 Å². The van der Waals surface area contributed by atoms with Crippen LogP contribution >= 0.6 is 23.1 Å². The number of primary amides is 1. The number of hydrogen-bond donors (Lipinski definition) is 2. The van der Waals surface area contributed by atoms with Crippen LogP contribution in [0.15, 0.2) is 35.6 Å². The zero-order valence-corrected chi connectivity index (χ0v) is 19.9. The lowest BCUT2D eigenvalue weighted by molar-refractivity contribution is -0.123. The van der Waals surface area contributed by atoms with Gasteiger partial charge in [-0.2, -0.15) is 0 Å². The molecule has 1 aliphatic heterocycles. The number of fused-ring (bicyclic) bond motifs is 1. The number of piperidine rings is 1. The molecule has 0 atom stereocenters. The van der Waals surface area contributed by atoms with Crippen LogP contribution in [0.4, 0.5) is 5.69 Å². The van der Waals surface area contributed by atoms with Crippen LogP contribution in [-0.2, 0) is 16.1 Å². The summed E-state index contributed by atoms with van der Waals surface area (Å²) in [5.41, 5.74) is 8.53. The molecule has 3 N–H and O–H groups in total. The van der Waals surface area contributed by atoms with Gasteiger partial charge in [0.05, 0.1) is 5.75 Å². The number of hydrogen-bond acceptors (Lipinski definition) is 7. The van der Waals surface area contributed by atoms with Crippen LogP contribution in [0.2, 0.25) is 0 Å². The third kappa shape index (κ3) is 5.28. The number of anilines is 1. The number of likely N-dealkylation sites (tertiary alicyclic amines) is 1. The van der Waals surface area contributed by atoms with Crippen LogP contribution in [0.1, 0.15) is 28.8 Å². The first kappa shape index (κ1) is 22.7. The van der Waals surface area contributed by atoms with Crippen LogP contribution in [-0.4, -0.2) is 45.5 Å². The smallest absolute Gasteiger partial charge is 0.234 e. The number of rotatable bonds is 7. The van der Waals surface area contributed by atoms with E-state index in [-0.39, 0.29) is 23.5 Å². The molecule has 0 saturated carbocycles. The topological polar surface area (TPSA) is 101 Å². The second-order valence-corrected chi connectivity index (χ2v) is 10.3. The van der Waals surface area contributed by atoms with E-state index in [0.29, 0.717) is 0 Å². The van der Waals surface area contributed by atoms with Crippen LogP contribution < -0.4 is 11.1 Å². The molecule has 1 saturated heterocycles. The molecule has 2 amide bonds. The van der Waals surface area contributed by atoms with Crippen molar-refractivity contribution in [3.63, 3.8) is 0 Å². The Morgan fingerprint density at radius 2 is 2.03 bits per heavy atom. The predicted molar refractivity (Wildman–Crippen MR) is 130 cm³/mol. The fraction of sp³-hybridized carbons (Fsp3) is 0.391. The SMILES string of the molecule is Cc1sc2ncnc(SCC(=O)Nc3cccc(CN4CCC(C(N)=O)CC4)c3)c2c1C. The van der Waals surface area contributed by atoms with Crippen molar-refractivity contribution in [2.75, 3.05) is 24.2 Å². The third-order valence-corrected chi connectivity index (χ3v) is 7.98. The molecule has 1 aromatic carbocycles. The summed E-state index contributed by atoms with van der Waals surface area (Å²) >= 11 is 3.09. The van der Waals surface area contributed by atoms with Crippen molar-refractivity contribution < 1.29 is 9.59 Å². The molecule has 0 spiro atoms. The van der Waals surface area contributed by atoms with Gasteiger partial charge in [0.15, 0.2) is 0 Å². The van der Waals surface area contributed by atoms with Gasteiger partial charge in [-0.15, -0.1) is 11.3 Å². The van der Waals surface area contributed by atoms with Crippen molar-refractivity contribution in [1.82, 2.24) is 14.9 Å². The fourth-order valence-electron chi connectivity index (χ4n) is 3.97. The van der Waals surface area contributed by atoms with Crippen molar-refractivity contribution in [2.45, 2.75) is 38.3 Å². The highest BCUT2D eigenvalue weighted by molar-refractivity contribution is 8.00. The van der Waals surface area contributed by atoms with E-state index < -0.39 is 0 Å². The van der Waals surface area contributed by atoms with E-state index >= 15 is 0 Å². The van der Waals surface area contributed by atoms with Gasteiger partial charge in [0, 0.05) is 28.4 Å². The lowest BCUT2D eigenvalue weighted by atomic mass is 9.96. The number of nitrogens with zero attached hydrogens (tertiary/aromatic N) is 3. The van der Waals surface area contributed by atoms with Crippen LogP contribution in [0.5, 0.6) is 0 Å². The fourth-order valence-corrected chi connectivity index (χ4v) is 5.89. The summed E-state index contributed by atoms with van der Waals surface area (Å²) in [5.74, 6) is 0.0166. The number of thiophene rings is 1. The van der Waals surface area contributed by atoms with E-state index in [0.717, 1.165) is 59.0 Å². The minimum Gasteiger partial charge on any atom is -0.369 e. The molecule has 7 nitrogen and oxygen atoms in total. The summed E-state index contributed by atoms with van der Waals surface area (Å²) < 4.78 is 0. The molecule has 1 aliphatic rings. The zero-order valence-electron chi connectivity index (χ0n) is 18.3. The molecule has 9 heteroatoms. The Hall–Kier alpha value is -2.49. The molecule has 1 fully saturated rings. The van der Waals surface area contributed by atoms with Crippen LogP contribution in [0.25, 0.3) is 10.2 Å². The van der Waals surface area contributed by atoms with E-state index in [4.69, 9.17) is 5.73 Å². The van der Waals surface area contributed by atoms with Crippen molar-refractivity contribution in [3.05, 3.63) is 46.6 Å². The van der Waals surface area contributed by atoms with Gasteiger partial charge in [-0.05, 0) is 63.0 Å². The zero-order chi connectivity index (χ0) is 22.7. The maximum atomic E-state index is 12.6. The Morgan fingerprint density at radius 3 is 2.78 bits per heavy atom. The first-order valence-electron chi connectivity index (χ1n) is 10.6. The lowest BCUT2D eigenvalue weighted by Crippen LogP contribution is -2.38. The predicted octanol–water partition coefficient (Wildman–Crippen LogP) is 3.74. The Labute approximate surface area is 195 Å². The van der Waals surface area contributed by atoms with Gasteiger partial charge in [0.1, 0.15) is 16.2 Å².